The van der Waals surface area contributed by atoms with Crippen molar-refractivity contribution in [3.05, 3.63) is 64.7 Å². The Morgan fingerprint density at radius 2 is 1.94 bits per heavy atom. The van der Waals surface area contributed by atoms with E-state index in [2.05, 4.69) is 30.4 Å². The van der Waals surface area contributed by atoms with Crippen LogP contribution in [0.3, 0.4) is 0 Å². The summed E-state index contributed by atoms with van der Waals surface area (Å²) in [5, 5.41) is 13.4. The SMILES string of the molecule is Cc1ccc2c(c1)C(c1ccccc1O)NC2. The molecule has 0 bridgehead atoms. The largest absolute Gasteiger partial charge is 0.508 e. The van der Waals surface area contributed by atoms with Gasteiger partial charge in [0.15, 0.2) is 0 Å². The molecule has 0 aromatic heterocycles. The number of rotatable bonds is 1. The highest BCUT2D eigenvalue weighted by atomic mass is 16.3. The summed E-state index contributed by atoms with van der Waals surface area (Å²) in [6.07, 6.45) is 0. The van der Waals surface area contributed by atoms with Gasteiger partial charge in [-0.2, -0.15) is 0 Å². The second-order valence-electron chi connectivity index (χ2n) is 4.57. The Labute approximate surface area is 101 Å². The summed E-state index contributed by atoms with van der Waals surface area (Å²) in [6, 6.07) is 14.1. The van der Waals surface area contributed by atoms with Crippen LogP contribution in [-0.4, -0.2) is 5.11 Å². The quantitative estimate of drug-likeness (QED) is 0.782. The Kier molecular flexibility index (Phi) is 2.37. The van der Waals surface area contributed by atoms with E-state index in [1.165, 1.54) is 16.7 Å². The minimum absolute atomic E-state index is 0.117. The monoisotopic (exact) mass is 225 g/mol. The standard InChI is InChI=1S/C15H15NO/c1-10-6-7-11-9-16-15(13(11)8-10)12-4-2-3-5-14(12)17/h2-8,15-17H,9H2,1H3. The fraction of sp³-hybridized carbons (Fsp3) is 0.200. The number of hydrogen-bond acceptors (Lipinski definition) is 2. The number of nitrogens with one attached hydrogen (secondary N) is 1. The first kappa shape index (κ1) is 10.4. The first-order chi connectivity index (χ1) is 8.25. The molecule has 1 atom stereocenters. The molecule has 2 heteroatoms. The molecule has 0 saturated carbocycles. The molecule has 1 aliphatic rings. The van der Waals surface area contributed by atoms with Crippen molar-refractivity contribution >= 4 is 0 Å². The van der Waals surface area contributed by atoms with Crippen LogP contribution in [0.25, 0.3) is 0 Å². The van der Waals surface area contributed by atoms with Gasteiger partial charge in [-0.25, -0.2) is 0 Å². The van der Waals surface area contributed by atoms with Gasteiger partial charge in [-0.1, -0.05) is 42.0 Å². The number of aryl methyl sites for hydroxylation is 1. The van der Waals surface area contributed by atoms with Gasteiger partial charge in [-0.3, -0.25) is 0 Å². The van der Waals surface area contributed by atoms with Crippen molar-refractivity contribution in [3.8, 4) is 5.75 Å². The van der Waals surface area contributed by atoms with Crippen molar-refractivity contribution < 1.29 is 5.11 Å². The number of benzene rings is 2. The number of phenols is 1. The Morgan fingerprint density at radius 1 is 1.12 bits per heavy atom. The lowest BCUT2D eigenvalue weighted by molar-refractivity contribution is 0.460. The summed E-state index contributed by atoms with van der Waals surface area (Å²) in [6.45, 7) is 2.97. The summed E-state index contributed by atoms with van der Waals surface area (Å²) in [5.74, 6) is 0.361. The molecule has 0 spiro atoms. The number of aromatic hydroxyl groups is 1. The summed E-state index contributed by atoms with van der Waals surface area (Å²) < 4.78 is 0. The average molecular weight is 225 g/mol. The third-order valence-electron chi connectivity index (χ3n) is 3.36. The van der Waals surface area contributed by atoms with Gasteiger partial charge in [0.25, 0.3) is 0 Å². The summed E-state index contributed by atoms with van der Waals surface area (Å²) >= 11 is 0. The Bertz CT molecular complexity index is 563. The van der Waals surface area contributed by atoms with Crippen molar-refractivity contribution in [3.63, 3.8) is 0 Å². The molecule has 17 heavy (non-hydrogen) atoms. The molecule has 3 rings (SSSR count). The van der Waals surface area contributed by atoms with Crippen LogP contribution in [0.2, 0.25) is 0 Å². The number of fused-ring (bicyclic) bond motifs is 1. The van der Waals surface area contributed by atoms with E-state index in [0.29, 0.717) is 5.75 Å². The molecule has 1 aliphatic heterocycles. The molecular formula is C15H15NO. The first-order valence-corrected chi connectivity index (χ1v) is 5.86. The normalized spacial score (nSPS) is 18.1. The highest BCUT2D eigenvalue weighted by Crippen LogP contribution is 2.35. The van der Waals surface area contributed by atoms with Crippen molar-refractivity contribution in [1.82, 2.24) is 5.32 Å². The molecule has 0 fully saturated rings. The minimum atomic E-state index is 0.117. The van der Waals surface area contributed by atoms with Crippen LogP contribution in [0.4, 0.5) is 0 Å². The topological polar surface area (TPSA) is 32.3 Å². The number of hydrogen-bond donors (Lipinski definition) is 2. The zero-order valence-corrected chi connectivity index (χ0v) is 9.77. The second-order valence-corrected chi connectivity index (χ2v) is 4.57. The van der Waals surface area contributed by atoms with E-state index in [9.17, 15) is 5.11 Å². The molecule has 1 unspecified atom stereocenters. The highest BCUT2D eigenvalue weighted by Gasteiger charge is 2.24. The van der Waals surface area contributed by atoms with Crippen LogP contribution in [0, 0.1) is 6.92 Å². The molecule has 0 saturated heterocycles. The zero-order chi connectivity index (χ0) is 11.8. The molecule has 1 heterocycles. The highest BCUT2D eigenvalue weighted by molar-refractivity contribution is 5.47. The van der Waals surface area contributed by atoms with Crippen LogP contribution in [-0.2, 0) is 6.54 Å². The molecule has 0 amide bonds. The molecule has 2 N–H and O–H groups in total. The maximum Gasteiger partial charge on any atom is 0.120 e. The molecule has 2 aromatic carbocycles. The first-order valence-electron chi connectivity index (χ1n) is 5.86. The number of phenolic OH excluding ortho intramolecular Hbond substituents is 1. The van der Waals surface area contributed by atoms with Gasteiger partial charge in [0.2, 0.25) is 0 Å². The Hall–Kier alpha value is -1.80. The molecular weight excluding hydrogens is 210 g/mol. The smallest absolute Gasteiger partial charge is 0.120 e. The lowest BCUT2D eigenvalue weighted by Crippen LogP contribution is -2.13. The third-order valence-corrected chi connectivity index (χ3v) is 3.36. The molecule has 86 valence electrons. The summed E-state index contributed by atoms with van der Waals surface area (Å²) in [4.78, 5) is 0. The molecule has 0 radical (unpaired) electrons. The van der Waals surface area contributed by atoms with E-state index >= 15 is 0 Å². The maximum atomic E-state index is 9.93. The van der Waals surface area contributed by atoms with Crippen LogP contribution < -0.4 is 5.32 Å². The van der Waals surface area contributed by atoms with E-state index < -0.39 is 0 Å². The Morgan fingerprint density at radius 3 is 2.76 bits per heavy atom. The Balaban J connectivity index is 2.10. The van der Waals surface area contributed by atoms with Gasteiger partial charge in [0, 0.05) is 12.1 Å². The zero-order valence-electron chi connectivity index (χ0n) is 9.77. The van der Waals surface area contributed by atoms with Gasteiger partial charge in [0.1, 0.15) is 5.75 Å². The lowest BCUT2D eigenvalue weighted by Gasteiger charge is -2.14. The van der Waals surface area contributed by atoms with E-state index in [4.69, 9.17) is 0 Å². The van der Waals surface area contributed by atoms with Crippen LogP contribution >= 0.6 is 0 Å². The average Bonchev–Trinajstić information content (AvgIpc) is 2.72. The molecule has 2 aromatic rings. The van der Waals surface area contributed by atoms with Crippen molar-refractivity contribution in [2.24, 2.45) is 0 Å². The van der Waals surface area contributed by atoms with Gasteiger partial charge in [0.05, 0.1) is 6.04 Å². The van der Waals surface area contributed by atoms with Gasteiger partial charge >= 0.3 is 0 Å². The van der Waals surface area contributed by atoms with Crippen LogP contribution in [0.1, 0.15) is 28.3 Å². The van der Waals surface area contributed by atoms with E-state index in [1.807, 2.05) is 18.2 Å². The molecule has 2 nitrogen and oxygen atoms in total. The minimum Gasteiger partial charge on any atom is -0.508 e. The lowest BCUT2D eigenvalue weighted by atomic mass is 9.96. The predicted octanol–water partition coefficient (Wildman–Crippen LogP) is 2.89. The van der Waals surface area contributed by atoms with Gasteiger partial charge in [-0.15, -0.1) is 0 Å². The van der Waals surface area contributed by atoms with Crippen molar-refractivity contribution in [2.75, 3.05) is 0 Å². The number of para-hydroxylation sites is 1. The van der Waals surface area contributed by atoms with E-state index in [-0.39, 0.29) is 6.04 Å². The predicted molar refractivity (Wildman–Crippen MR) is 68.0 cm³/mol. The van der Waals surface area contributed by atoms with Crippen LogP contribution in [0.5, 0.6) is 5.75 Å². The van der Waals surface area contributed by atoms with E-state index in [1.54, 1.807) is 6.07 Å². The third kappa shape index (κ3) is 1.71. The van der Waals surface area contributed by atoms with Crippen LogP contribution in [0.15, 0.2) is 42.5 Å². The molecule has 0 aliphatic carbocycles. The fourth-order valence-corrected chi connectivity index (χ4v) is 2.48. The summed E-state index contributed by atoms with van der Waals surface area (Å²) in [5.41, 5.74) is 4.82. The maximum absolute atomic E-state index is 9.93. The van der Waals surface area contributed by atoms with Gasteiger partial charge in [-0.05, 0) is 24.1 Å². The second kappa shape index (κ2) is 3.90. The van der Waals surface area contributed by atoms with Crippen molar-refractivity contribution in [1.29, 1.82) is 0 Å². The van der Waals surface area contributed by atoms with Crippen molar-refractivity contribution in [2.45, 2.75) is 19.5 Å². The summed E-state index contributed by atoms with van der Waals surface area (Å²) in [7, 11) is 0. The fourth-order valence-electron chi connectivity index (χ4n) is 2.48. The van der Waals surface area contributed by atoms with Gasteiger partial charge < -0.3 is 10.4 Å². The van der Waals surface area contributed by atoms with E-state index in [0.717, 1.165) is 12.1 Å².